The second-order valence-electron chi connectivity index (χ2n) is 6.22. The summed E-state index contributed by atoms with van der Waals surface area (Å²) < 4.78 is 7.91. The maximum absolute atomic E-state index is 5.83. The molecule has 0 unspecified atom stereocenters. The molecule has 4 aromatic rings. The average Bonchev–Trinajstić information content (AvgIpc) is 3.18. The molecule has 0 spiro atoms. The third-order valence-corrected chi connectivity index (χ3v) is 5.08. The van der Waals surface area contributed by atoms with Gasteiger partial charge in [-0.15, -0.1) is 10.2 Å². The van der Waals surface area contributed by atoms with E-state index in [0.29, 0.717) is 6.61 Å². The molecule has 0 saturated heterocycles. The standard InChI is InChI=1S/C22H20N4OS/c1-17-7-9-20(10-8-17)27-15-16-28-22-25-24-21(18-11-13-23-14-12-18)26(22)19-5-3-2-4-6-19/h2-14H,15-16H2,1H3. The normalized spacial score (nSPS) is 10.8. The summed E-state index contributed by atoms with van der Waals surface area (Å²) in [5.41, 5.74) is 3.23. The molecule has 0 aliphatic rings. The molecule has 4 rings (SSSR count). The quantitative estimate of drug-likeness (QED) is 0.336. The van der Waals surface area contributed by atoms with E-state index >= 15 is 0 Å². The highest BCUT2D eigenvalue weighted by molar-refractivity contribution is 7.99. The van der Waals surface area contributed by atoms with Crippen molar-refractivity contribution in [2.45, 2.75) is 12.1 Å². The van der Waals surface area contributed by atoms with Gasteiger partial charge in [0.2, 0.25) is 0 Å². The van der Waals surface area contributed by atoms with Gasteiger partial charge in [-0.2, -0.15) is 0 Å². The van der Waals surface area contributed by atoms with Crippen LogP contribution in [0.3, 0.4) is 0 Å². The Balaban J connectivity index is 1.52. The molecular formula is C22H20N4OS. The Hall–Kier alpha value is -3.12. The van der Waals surface area contributed by atoms with Gasteiger partial charge in [0.15, 0.2) is 11.0 Å². The lowest BCUT2D eigenvalue weighted by Gasteiger charge is -2.10. The van der Waals surface area contributed by atoms with Crippen LogP contribution in [0.1, 0.15) is 5.56 Å². The molecule has 2 aromatic heterocycles. The van der Waals surface area contributed by atoms with E-state index in [0.717, 1.165) is 33.7 Å². The van der Waals surface area contributed by atoms with Gasteiger partial charge in [-0.05, 0) is 43.3 Å². The molecule has 0 aliphatic carbocycles. The van der Waals surface area contributed by atoms with Gasteiger partial charge in [-0.25, -0.2) is 0 Å². The number of benzene rings is 2. The van der Waals surface area contributed by atoms with E-state index in [1.54, 1.807) is 24.2 Å². The largest absolute Gasteiger partial charge is 0.493 e. The van der Waals surface area contributed by atoms with Crippen molar-refractivity contribution in [3.63, 3.8) is 0 Å². The first-order valence-corrected chi connectivity index (χ1v) is 10.0. The van der Waals surface area contributed by atoms with Gasteiger partial charge in [-0.1, -0.05) is 47.7 Å². The smallest absolute Gasteiger partial charge is 0.196 e. The number of hydrogen-bond acceptors (Lipinski definition) is 5. The van der Waals surface area contributed by atoms with Gasteiger partial charge in [0.1, 0.15) is 5.75 Å². The van der Waals surface area contributed by atoms with E-state index in [4.69, 9.17) is 4.74 Å². The molecule has 28 heavy (non-hydrogen) atoms. The number of aryl methyl sites for hydroxylation is 1. The lowest BCUT2D eigenvalue weighted by molar-refractivity contribution is 0.344. The first-order valence-electron chi connectivity index (χ1n) is 9.05. The lowest BCUT2D eigenvalue weighted by atomic mass is 10.2. The number of rotatable bonds is 7. The Bertz CT molecular complexity index is 1020. The molecule has 140 valence electrons. The number of nitrogens with zero attached hydrogens (tertiary/aromatic N) is 4. The van der Waals surface area contributed by atoms with Crippen molar-refractivity contribution in [1.82, 2.24) is 19.7 Å². The number of hydrogen-bond donors (Lipinski definition) is 0. The van der Waals surface area contributed by atoms with Gasteiger partial charge in [0.05, 0.1) is 6.61 Å². The van der Waals surface area contributed by atoms with Crippen LogP contribution in [0.25, 0.3) is 17.1 Å². The molecule has 5 nitrogen and oxygen atoms in total. The van der Waals surface area contributed by atoms with Crippen LogP contribution in [0.2, 0.25) is 0 Å². The van der Waals surface area contributed by atoms with Crippen LogP contribution in [-0.4, -0.2) is 32.1 Å². The zero-order valence-corrected chi connectivity index (χ0v) is 16.3. The highest BCUT2D eigenvalue weighted by Gasteiger charge is 2.15. The summed E-state index contributed by atoms with van der Waals surface area (Å²) >= 11 is 1.63. The minimum absolute atomic E-state index is 0.597. The third kappa shape index (κ3) is 4.23. The summed E-state index contributed by atoms with van der Waals surface area (Å²) in [5.74, 6) is 2.46. The fraction of sp³-hybridized carbons (Fsp3) is 0.136. The molecule has 0 atom stereocenters. The molecule has 0 saturated carbocycles. The van der Waals surface area contributed by atoms with Crippen LogP contribution in [0, 0.1) is 6.92 Å². The summed E-state index contributed by atoms with van der Waals surface area (Å²) in [6, 6.07) is 22.1. The first kappa shape index (κ1) is 18.3. The first-order chi connectivity index (χ1) is 13.8. The number of ether oxygens (including phenoxy) is 1. The highest BCUT2D eigenvalue weighted by atomic mass is 32.2. The van der Waals surface area contributed by atoms with Crippen molar-refractivity contribution in [1.29, 1.82) is 0 Å². The minimum atomic E-state index is 0.597. The van der Waals surface area contributed by atoms with Gasteiger partial charge in [0, 0.05) is 29.4 Å². The van der Waals surface area contributed by atoms with Crippen LogP contribution in [0.15, 0.2) is 84.3 Å². The molecule has 6 heteroatoms. The summed E-state index contributed by atoms with van der Waals surface area (Å²) in [6.45, 7) is 2.66. The topological polar surface area (TPSA) is 52.8 Å². The molecule has 0 N–H and O–H groups in total. The molecule has 2 aromatic carbocycles. The minimum Gasteiger partial charge on any atom is -0.493 e. The molecule has 2 heterocycles. The number of pyridine rings is 1. The van der Waals surface area contributed by atoms with E-state index < -0.39 is 0 Å². The maximum Gasteiger partial charge on any atom is 0.196 e. The van der Waals surface area contributed by atoms with Gasteiger partial charge in [-0.3, -0.25) is 9.55 Å². The highest BCUT2D eigenvalue weighted by Crippen LogP contribution is 2.27. The van der Waals surface area contributed by atoms with Gasteiger partial charge >= 0.3 is 0 Å². The molecule has 0 fully saturated rings. The van der Waals surface area contributed by atoms with Crippen molar-refractivity contribution >= 4 is 11.8 Å². The Morgan fingerprint density at radius 2 is 1.64 bits per heavy atom. The average molecular weight is 388 g/mol. The van der Waals surface area contributed by atoms with E-state index in [2.05, 4.69) is 50.9 Å². The van der Waals surface area contributed by atoms with E-state index in [9.17, 15) is 0 Å². The van der Waals surface area contributed by atoms with Crippen LogP contribution >= 0.6 is 11.8 Å². The lowest BCUT2D eigenvalue weighted by Crippen LogP contribution is -2.03. The van der Waals surface area contributed by atoms with Crippen LogP contribution in [0.4, 0.5) is 0 Å². The maximum atomic E-state index is 5.83. The summed E-state index contributed by atoms with van der Waals surface area (Å²) in [7, 11) is 0. The van der Waals surface area contributed by atoms with Crippen molar-refractivity contribution in [3.8, 4) is 22.8 Å². The van der Waals surface area contributed by atoms with Crippen LogP contribution in [-0.2, 0) is 0 Å². The van der Waals surface area contributed by atoms with Crippen molar-refractivity contribution in [2.24, 2.45) is 0 Å². The number of thioether (sulfide) groups is 1. The Labute approximate surface area is 168 Å². The Morgan fingerprint density at radius 1 is 0.893 bits per heavy atom. The molecule has 0 radical (unpaired) electrons. The third-order valence-electron chi connectivity index (χ3n) is 4.19. The van der Waals surface area contributed by atoms with Gasteiger partial charge in [0.25, 0.3) is 0 Å². The van der Waals surface area contributed by atoms with Gasteiger partial charge < -0.3 is 4.74 Å². The summed E-state index contributed by atoms with van der Waals surface area (Å²) in [6.07, 6.45) is 3.53. The second-order valence-corrected chi connectivity index (χ2v) is 7.29. The van der Waals surface area contributed by atoms with Crippen LogP contribution < -0.4 is 4.74 Å². The van der Waals surface area contributed by atoms with Crippen molar-refractivity contribution in [2.75, 3.05) is 12.4 Å². The van der Waals surface area contributed by atoms with Crippen molar-refractivity contribution < 1.29 is 4.74 Å². The second kappa shape index (κ2) is 8.71. The predicted molar refractivity (Wildman–Crippen MR) is 112 cm³/mol. The van der Waals surface area contributed by atoms with E-state index in [-0.39, 0.29) is 0 Å². The SMILES string of the molecule is Cc1ccc(OCCSc2nnc(-c3ccncc3)n2-c2ccccc2)cc1. The number of aromatic nitrogens is 4. The predicted octanol–water partition coefficient (Wildman–Crippen LogP) is 4.81. The molecule has 0 amide bonds. The van der Waals surface area contributed by atoms with Crippen LogP contribution in [0.5, 0.6) is 5.75 Å². The van der Waals surface area contributed by atoms with Crippen molar-refractivity contribution in [3.05, 3.63) is 84.7 Å². The molecule has 0 bridgehead atoms. The molecule has 0 aliphatic heterocycles. The summed E-state index contributed by atoms with van der Waals surface area (Å²) in [5, 5.41) is 9.70. The van der Waals surface area contributed by atoms with E-state index in [1.165, 1.54) is 5.56 Å². The number of para-hydroxylation sites is 1. The fourth-order valence-electron chi connectivity index (χ4n) is 2.79. The fourth-order valence-corrected chi connectivity index (χ4v) is 3.56. The molecular weight excluding hydrogens is 368 g/mol. The Kier molecular flexibility index (Phi) is 5.68. The summed E-state index contributed by atoms with van der Waals surface area (Å²) in [4.78, 5) is 4.10. The zero-order chi connectivity index (χ0) is 19.2. The zero-order valence-electron chi connectivity index (χ0n) is 15.5. The Morgan fingerprint density at radius 3 is 2.39 bits per heavy atom. The monoisotopic (exact) mass is 388 g/mol. The van der Waals surface area contributed by atoms with E-state index in [1.807, 2.05) is 42.5 Å².